The first-order valence-electron chi connectivity index (χ1n) is 16.4. The third-order valence-electron chi connectivity index (χ3n) is 10.9. The van der Waals surface area contributed by atoms with E-state index in [0.717, 1.165) is 58.1 Å². The monoisotopic (exact) mass is 661 g/mol. The van der Waals surface area contributed by atoms with Gasteiger partial charge < -0.3 is 30.3 Å². The number of ether oxygens (including phenoxy) is 2. The van der Waals surface area contributed by atoms with Crippen LogP contribution in [0.1, 0.15) is 63.5 Å². The number of nitrogens with zero attached hydrogens (tertiary/aromatic N) is 5. The molecule has 2 aromatic heterocycles. The first-order chi connectivity index (χ1) is 22.3. The molecule has 1 saturated carbocycles. The van der Waals surface area contributed by atoms with Crippen LogP contribution in [0.3, 0.4) is 0 Å². The van der Waals surface area contributed by atoms with E-state index in [0.29, 0.717) is 31.6 Å². The molecule has 3 aliphatic heterocycles. The number of halogens is 5. The van der Waals surface area contributed by atoms with Crippen LogP contribution in [0.4, 0.5) is 33.5 Å². The molecule has 14 heteroatoms. The minimum atomic E-state index is -5.03. The van der Waals surface area contributed by atoms with Crippen LogP contribution in [0, 0.1) is 24.0 Å². The van der Waals surface area contributed by atoms with E-state index in [-0.39, 0.29) is 40.3 Å². The Morgan fingerprint density at radius 2 is 1.91 bits per heavy atom. The summed E-state index contributed by atoms with van der Waals surface area (Å²) in [6.45, 7) is 7.28. The Labute approximate surface area is 270 Å². The second-order valence-corrected chi connectivity index (χ2v) is 13.7. The number of piperazine rings is 1. The van der Waals surface area contributed by atoms with E-state index in [1.807, 2.05) is 6.92 Å². The Hall–Kier alpha value is -3.52. The van der Waals surface area contributed by atoms with Crippen molar-refractivity contribution in [2.24, 2.45) is 5.41 Å². The molecule has 3 N–H and O–H groups in total. The van der Waals surface area contributed by atoms with Gasteiger partial charge in [0.15, 0.2) is 5.82 Å². The second-order valence-electron chi connectivity index (χ2n) is 13.7. The molecule has 9 nitrogen and oxygen atoms in total. The normalized spacial score (nSPS) is 27.7. The molecule has 0 radical (unpaired) electrons. The molecule has 7 rings (SSSR count). The number of alkyl halides is 3. The van der Waals surface area contributed by atoms with Gasteiger partial charge in [-0.1, -0.05) is 13.3 Å². The number of piperidine rings is 1. The van der Waals surface area contributed by atoms with Crippen LogP contribution in [-0.4, -0.2) is 77.4 Å². The molecular weight excluding hydrogens is 621 g/mol. The number of benzene rings is 1. The summed E-state index contributed by atoms with van der Waals surface area (Å²) in [7, 11) is 2.13. The van der Waals surface area contributed by atoms with Crippen molar-refractivity contribution < 1.29 is 31.4 Å². The highest BCUT2D eigenvalue weighted by Gasteiger charge is 2.48. The second kappa shape index (κ2) is 11.6. The standard InChI is InChI=1S/C33H40F5N7O2/c1-5-18-14-45-21(13-40-18)17(3)47-30-23-28(26(35)27(41-30)19-12-20(39)25(34)16(2)24(19)33(36,37)38)42-31(43-29(23)45)46-15-32-9-6-8-22(32)44(4)11-7-10-32/h12,17-18,21-22,40H,5-11,13-15,39H2,1-4H3/t17-,18+,21-,22-,32+/m0/s1. The zero-order chi connectivity index (χ0) is 33.4. The molecule has 0 spiro atoms. The number of hydrogen-bond acceptors (Lipinski definition) is 9. The summed E-state index contributed by atoms with van der Waals surface area (Å²) in [6, 6.07) is 0.925. The molecular formula is C33H40F5N7O2. The van der Waals surface area contributed by atoms with Gasteiger partial charge in [-0.05, 0) is 71.2 Å². The van der Waals surface area contributed by atoms with Crippen molar-refractivity contribution in [2.45, 2.75) is 89.7 Å². The quantitative estimate of drug-likeness (QED) is 0.257. The number of hydrogen-bond donors (Lipinski definition) is 2. The van der Waals surface area contributed by atoms with E-state index in [1.165, 1.54) is 0 Å². The lowest BCUT2D eigenvalue weighted by Gasteiger charge is -2.44. The van der Waals surface area contributed by atoms with Crippen LogP contribution < -0.4 is 25.4 Å². The van der Waals surface area contributed by atoms with Gasteiger partial charge in [-0.3, -0.25) is 0 Å². The van der Waals surface area contributed by atoms with E-state index in [9.17, 15) is 17.6 Å². The van der Waals surface area contributed by atoms with Gasteiger partial charge in [-0.25, -0.2) is 13.8 Å². The van der Waals surface area contributed by atoms with Gasteiger partial charge in [0.1, 0.15) is 34.3 Å². The topological polar surface area (TPSA) is 102 Å². The van der Waals surface area contributed by atoms with Crippen LogP contribution in [-0.2, 0) is 6.18 Å². The molecule has 4 aliphatic rings. The summed E-state index contributed by atoms with van der Waals surface area (Å²) < 4.78 is 87.5. The molecule has 254 valence electrons. The fourth-order valence-electron chi connectivity index (χ4n) is 8.42. The number of nitrogens with two attached hydrogens (primary N) is 1. The maximum absolute atomic E-state index is 16.8. The zero-order valence-corrected chi connectivity index (χ0v) is 27.0. The van der Waals surface area contributed by atoms with Crippen molar-refractivity contribution >= 4 is 22.4 Å². The predicted molar refractivity (Wildman–Crippen MR) is 168 cm³/mol. The number of rotatable bonds is 5. The number of likely N-dealkylation sites (tertiary alicyclic amines) is 1. The Morgan fingerprint density at radius 1 is 1.15 bits per heavy atom. The van der Waals surface area contributed by atoms with E-state index in [2.05, 4.69) is 39.1 Å². The number of anilines is 2. The summed E-state index contributed by atoms with van der Waals surface area (Å²) >= 11 is 0. The van der Waals surface area contributed by atoms with E-state index >= 15 is 4.39 Å². The van der Waals surface area contributed by atoms with Gasteiger partial charge in [-0.2, -0.15) is 23.1 Å². The summed E-state index contributed by atoms with van der Waals surface area (Å²) in [4.78, 5) is 18.1. The maximum Gasteiger partial charge on any atom is 0.417 e. The van der Waals surface area contributed by atoms with Gasteiger partial charge in [0, 0.05) is 36.2 Å². The van der Waals surface area contributed by atoms with Crippen LogP contribution in [0.2, 0.25) is 0 Å². The molecule has 0 unspecified atom stereocenters. The molecule has 1 aliphatic carbocycles. The van der Waals surface area contributed by atoms with E-state index < -0.39 is 52.0 Å². The van der Waals surface area contributed by atoms with Crippen molar-refractivity contribution in [3.05, 3.63) is 28.8 Å². The van der Waals surface area contributed by atoms with Gasteiger partial charge >= 0.3 is 12.2 Å². The molecule has 5 atom stereocenters. The summed E-state index contributed by atoms with van der Waals surface area (Å²) in [6.07, 6.45) is 0.444. The fourth-order valence-corrected chi connectivity index (χ4v) is 8.42. The first kappa shape index (κ1) is 32.0. The molecule has 47 heavy (non-hydrogen) atoms. The lowest BCUT2D eigenvalue weighted by Crippen LogP contribution is -2.60. The third kappa shape index (κ3) is 5.22. The highest BCUT2D eigenvalue weighted by atomic mass is 19.4. The van der Waals surface area contributed by atoms with Crippen LogP contribution in [0.25, 0.3) is 22.2 Å². The van der Waals surface area contributed by atoms with Crippen molar-refractivity contribution in [2.75, 3.05) is 43.9 Å². The lowest BCUT2D eigenvalue weighted by molar-refractivity contribution is -0.137. The van der Waals surface area contributed by atoms with Gasteiger partial charge in [-0.15, -0.1) is 0 Å². The van der Waals surface area contributed by atoms with E-state index in [1.54, 1.807) is 0 Å². The minimum Gasteiger partial charge on any atom is -0.472 e. The van der Waals surface area contributed by atoms with Crippen LogP contribution >= 0.6 is 0 Å². The third-order valence-corrected chi connectivity index (χ3v) is 10.9. The van der Waals surface area contributed by atoms with Crippen molar-refractivity contribution in [1.29, 1.82) is 0 Å². The Bertz CT molecular complexity index is 1720. The smallest absolute Gasteiger partial charge is 0.417 e. The predicted octanol–water partition coefficient (Wildman–Crippen LogP) is 5.86. The number of fused-ring (bicyclic) bond motifs is 3. The molecule has 3 aromatic rings. The summed E-state index contributed by atoms with van der Waals surface area (Å²) in [5, 5.41) is 3.67. The number of aromatic nitrogens is 3. The molecule has 3 fully saturated rings. The zero-order valence-electron chi connectivity index (χ0n) is 27.0. The van der Waals surface area contributed by atoms with Crippen LogP contribution in [0.5, 0.6) is 11.9 Å². The maximum atomic E-state index is 16.8. The molecule has 0 bridgehead atoms. The minimum absolute atomic E-state index is 0.0616. The largest absolute Gasteiger partial charge is 0.472 e. The van der Waals surface area contributed by atoms with E-state index in [4.69, 9.17) is 20.2 Å². The highest BCUT2D eigenvalue weighted by molar-refractivity contribution is 5.97. The van der Waals surface area contributed by atoms with Crippen LogP contribution in [0.15, 0.2) is 6.07 Å². The Kier molecular flexibility index (Phi) is 7.89. The summed E-state index contributed by atoms with van der Waals surface area (Å²) in [5.41, 5.74) is 1.35. The van der Waals surface area contributed by atoms with Crippen molar-refractivity contribution in [3.8, 4) is 23.1 Å². The van der Waals surface area contributed by atoms with Crippen molar-refractivity contribution in [3.63, 3.8) is 0 Å². The fraction of sp³-hybridized carbons (Fsp3) is 0.606. The average molecular weight is 662 g/mol. The van der Waals surface area contributed by atoms with Gasteiger partial charge in [0.25, 0.3) is 0 Å². The van der Waals surface area contributed by atoms with Crippen molar-refractivity contribution in [1.82, 2.24) is 25.2 Å². The molecule has 0 amide bonds. The Balaban J connectivity index is 1.43. The number of nitrogens with one attached hydrogen (secondary N) is 1. The summed E-state index contributed by atoms with van der Waals surface area (Å²) in [5.74, 6) is -2.10. The average Bonchev–Trinajstić information content (AvgIpc) is 3.43. The Morgan fingerprint density at radius 3 is 2.66 bits per heavy atom. The first-order valence-corrected chi connectivity index (χ1v) is 16.4. The number of nitrogen functional groups attached to an aromatic ring is 1. The number of pyridine rings is 1. The SMILES string of the molecule is CC[C@@H]1CN2c3nc(OC[C@]45CCC[C@@H]4N(C)CCC5)nc4c(F)c(-c5cc(N)c(F)c(C)c5C(F)(F)F)nc(c34)O[C@@H](C)[C@@H]2CN1. The molecule has 5 heterocycles. The van der Waals surface area contributed by atoms with Gasteiger partial charge in [0.05, 0.1) is 23.9 Å². The van der Waals surface area contributed by atoms with Gasteiger partial charge in [0.2, 0.25) is 5.88 Å². The molecule has 1 aromatic carbocycles. The lowest BCUT2D eigenvalue weighted by atomic mass is 9.76. The highest BCUT2D eigenvalue weighted by Crippen LogP contribution is 2.49. The molecule has 2 saturated heterocycles.